The average molecular weight is 284 g/mol. The van der Waals surface area contributed by atoms with Gasteiger partial charge in [-0.3, -0.25) is 0 Å². The Labute approximate surface area is 122 Å². The highest BCUT2D eigenvalue weighted by molar-refractivity contribution is 5.95. The van der Waals surface area contributed by atoms with Crippen molar-refractivity contribution >= 4 is 5.97 Å². The van der Waals surface area contributed by atoms with Crippen molar-refractivity contribution in [2.24, 2.45) is 0 Å². The quantitative estimate of drug-likeness (QED) is 0.859. The van der Waals surface area contributed by atoms with Crippen LogP contribution in [0.2, 0.25) is 0 Å². The molecule has 2 atom stereocenters. The Morgan fingerprint density at radius 2 is 1.90 bits per heavy atom. The number of fused-ring (bicyclic) bond motifs is 1. The van der Waals surface area contributed by atoms with Crippen LogP contribution in [0.1, 0.15) is 40.4 Å². The van der Waals surface area contributed by atoms with Crippen molar-refractivity contribution in [2.75, 3.05) is 7.11 Å². The van der Waals surface area contributed by atoms with Crippen LogP contribution in [0.4, 0.5) is 0 Å². The number of phenols is 1. The van der Waals surface area contributed by atoms with Crippen LogP contribution in [0.25, 0.3) is 0 Å². The summed E-state index contributed by atoms with van der Waals surface area (Å²) in [7, 11) is 1.30. The van der Waals surface area contributed by atoms with E-state index in [9.17, 15) is 9.90 Å². The Morgan fingerprint density at radius 3 is 2.57 bits per heavy atom. The van der Waals surface area contributed by atoms with Gasteiger partial charge < -0.3 is 14.6 Å². The largest absolute Gasteiger partial charge is 0.507 e. The molecule has 4 heteroatoms. The summed E-state index contributed by atoms with van der Waals surface area (Å²) in [4.78, 5) is 11.9. The summed E-state index contributed by atoms with van der Waals surface area (Å²) < 4.78 is 10.8. The second-order valence-corrected chi connectivity index (χ2v) is 5.10. The first-order valence-corrected chi connectivity index (χ1v) is 6.79. The lowest BCUT2D eigenvalue weighted by molar-refractivity contribution is 0.0596. The second-order valence-electron chi connectivity index (χ2n) is 5.10. The lowest BCUT2D eigenvalue weighted by atomic mass is 9.89. The topological polar surface area (TPSA) is 55.8 Å². The van der Waals surface area contributed by atoms with E-state index >= 15 is 0 Å². The molecule has 0 saturated heterocycles. The molecule has 21 heavy (non-hydrogen) atoms. The van der Waals surface area contributed by atoms with E-state index in [1.54, 1.807) is 6.07 Å². The molecule has 0 spiro atoms. The number of ether oxygens (including phenoxy) is 2. The van der Waals surface area contributed by atoms with Crippen molar-refractivity contribution in [3.63, 3.8) is 0 Å². The number of phenolic OH excluding ortho intramolecular Hbond substituents is 1. The number of hydrogen-bond donors (Lipinski definition) is 1. The van der Waals surface area contributed by atoms with Gasteiger partial charge in [0, 0.05) is 11.5 Å². The number of rotatable bonds is 2. The summed E-state index contributed by atoms with van der Waals surface area (Å²) in [5.41, 5.74) is 1.94. The number of aromatic hydroxyl groups is 1. The standard InChI is InChI=1S/C17H16O4/c1-10-14-13(9-8-12(18)15(14)17(19)20-2)21-16(10)11-6-4-3-5-7-11/h3-10,16,18H,1-2H3/t10-,16?/m0/s1. The minimum Gasteiger partial charge on any atom is -0.507 e. The Kier molecular flexibility index (Phi) is 3.29. The summed E-state index contributed by atoms with van der Waals surface area (Å²) in [6, 6.07) is 13.0. The van der Waals surface area contributed by atoms with Crippen LogP contribution in [-0.2, 0) is 4.74 Å². The molecule has 0 aliphatic carbocycles. The van der Waals surface area contributed by atoms with Gasteiger partial charge in [0.2, 0.25) is 0 Å². The molecule has 0 radical (unpaired) electrons. The van der Waals surface area contributed by atoms with E-state index in [1.165, 1.54) is 13.2 Å². The van der Waals surface area contributed by atoms with E-state index in [1.807, 2.05) is 37.3 Å². The fraction of sp³-hybridized carbons (Fsp3) is 0.235. The highest BCUT2D eigenvalue weighted by Gasteiger charge is 2.37. The SMILES string of the molecule is COC(=O)c1c(O)ccc2c1[C@H](C)C(c1ccccc1)O2. The highest BCUT2D eigenvalue weighted by Crippen LogP contribution is 2.49. The molecule has 0 fully saturated rings. The van der Waals surface area contributed by atoms with Crippen molar-refractivity contribution in [3.8, 4) is 11.5 Å². The van der Waals surface area contributed by atoms with Gasteiger partial charge in [0.05, 0.1) is 7.11 Å². The van der Waals surface area contributed by atoms with Gasteiger partial charge in [-0.25, -0.2) is 4.79 Å². The van der Waals surface area contributed by atoms with Crippen molar-refractivity contribution < 1.29 is 19.4 Å². The van der Waals surface area contributed by atoms with Crippen LogP contribution in [0, 0.1) is 0 Å². The minimum absolute atomic E-state index is 0.0522. The third kappa shape index (κ3) is 2.13. The maximum absolute atomic E-state index is 11.9. The third-order valence-corrected chi connectivity index (χ3v) is 3.86. The molecule has 2 aromatic carbocycles. The van der Waals surface area contributed by atoms with Crippen LogP contribution in [0.15, 0.2) is 42.5 Å². The summed E-state index contributed by atoms with van der Waals surface area (Å²) >= 11 is 0. The fourth-order valence-corrected chi connectivity index (χ4v) is 2.85. The molecule has 108 valence electrons. The van der Waals surface area contributed by atoms with Crippen molar-refractivity contribution in [1.29, 1.82) is 0 Å². The first kappa shape index (κ1) is 13.5. The molecule has 3 rings (SSSR count). The molecule has 1 heterocycles. The van der Waals surface area contributed by atoms with Crippen LogP contribution in [0.5, 0.6) is 11.5 Å². The zero-order chi connectivity index (χ0) is 15.0. The lowest BCUT2D eigenvalue weighted by Gasteiger charge is -2.16. The van der Waals surface area contributed by atoms with Gasteiger partial charge >= 0.3 is 5.97 Å². The predicted molar refractivity (Wildman–Crippen MR) is 77.7 cm³/mol. The Balaban J connectivity index is 2.08. The van der Waals surface area contributed by atoms with Crippen LogP contribution < -0.4 is 4.74 Å². The molecule has 0 amide bonds. The van der Waals surface area contributed by atoms with Gasteiger partial charge in [-0.2, -0.15) is 0 Å². The summed E-state index contributed by atoms with van der Waals surface area (Å²) in [6.07, 6.45) is -0.175. The van der Waals surface area contributed by atoms with E-state index in [0.29, 0.717) is 11.3 Å². The lowest BCUT2D eigenvalue weighted by Crippen LogP contribution is -2.10. The Morgan fingerprint density at radius 1 is 1.19 bits per heavy atom. The van der Waals surface area contributed by atoms with Gasteiger partial charge in [0.15, 0.2) is 0 Å². The second kappa shape index (κ2) is 5.13. The van der Waals surface area contributed by atoms with E-state index in [0.717, 1.165) is 5.56 Å². The number of esters is 1. The van der Waals surface area contributed by atoms with Crippen molar-refractivity contribution in [3.05, 3.63) is 59.2 Å². The van der Waals surface area contributed by atoms with Crippen molar-refractivity contribution in [1.82, 2.24) is 0 Å². The first-order valence-electron chi connectivity index (χ1n) is 6.79. The molecule has 1 N–H and O–H groups in total. The van der Waals surface area contributed by atoms with Crippen LogP contribution in [0.3, 0.4) is 0 Å². The summed E-state index contributed by atoms with van der Waals surface area (Å²) in [5.74, 6) is -0.0589. The molecular weight excluding hydrogens is 268 g/mol. The third-order valence-electron chi connectivity index (χ3n) is 3.86. The molecule has 2 aromatic rings. The van der Waals surface area contributed by atoms with Crippen LogP contribution >= 0.6 is 0 Å². The molecular formula is C17H16O4. The molecule has 1 aliphatic rings. The van der Waals surface area contributed by atoms with Crippen LogP contribution in [-0.4, -0.2) is 18.2 Å². The molecule has 0 aromatic heterocycles. The average Bonchev–Trinajstić information content (AvgIpc) is 2.85. The van der Waals surface area contributed by atoms with Gasteiger partial charge in [-0.15, -0.1) is 0 Å². The predicted octanol–water partition coefficient (Wildman–Crippen LogP) is 3.42. The number of benzene rings is 2. The molecule has 0 bridgehead atoms. The maximum Gasteiger partial charge on any atom is 0.342 e. The van der Waals surface area contributed by atoms with E-state index < -0.39 is 5.97 Å². The van der Waals surface area contributed by atoms with Gasteiger partial charge in [-0.05, 0) is 17.7 Å². The first-order chi connectivity index (χ1) is 10.1. The monoisotopic (exact) mass is 284 g/mol. The number of carbonyl (C=O) groups is 1. The van der Waals surface area contributed by atoms with Gasteiger partial charge in [-0.1, -0.05) is 37.3 Å². The zero-order valence-corrected chi connectivity index (χ0v) is 11.9. The fourth-order valence-electron chi connectivity index (χ4n) is 2.85. The Hall–Kier alpha value is -2.49. The van der Waals surface area contributed by atoms with E-state index in [4.69, 9.17) is 9.47 Å². The van der Waals surface area contributed by atoms with Gasteiger partial charge in [0.1, 0.15) is 23.2 Å². The maximum atomic E-state index is 11.9. The molecule has 0 saturated carbocycles. The zero-order valence-electron chi connectivity index (χ0n) is 11.9. The normalized spacial score (nSPS) is 19.7. The summed E-state index contributed by atoms with van der Waals surface area (Å²) in [5, 5.41) is 9.99. The van der Waals surface area contributed by atoms with E-state index in [2.05, 4.69) is 0 Å². The van der Waals surface area contributed by atoms with Gasteiger partial charge in [0.25, 0.3) is 0 Å². The highest BCUT2D eigenvalue weighted by atomic mass is 16.5. The molecule has 4 nitrogen and oxygen atoms in total. The summed E-state index contributed by atoms with van der Waals surface area (Å²) in [6.45, 7) is 1.98. The van der Waals surface area contributed by atoms with Crippen molar-refractivity contribution in [2.45, 2.75) is 18.9 Å². The van der Waals surface area contributed by atoms with E-state index in [-0.39, 0.29) is 23.3 Å². The Bertz CT molecular complexity index is 679. The minimum atomic E-state index is -0.548. The molecule has 1 aliphatic heterocycles. The number of methoxy groups -OCH3 is 1. The number of hydrogen-bond acceptors (Lipinski definition) is 4. The molecule has 1 unspecified atom stereocenters. The number of carbonyl (C=O) groups excluding carboxylic acids is 1. The smallest absolute Gasteiger partial charge is 0.342 e.